The lowest BCUT2D eigenvalue weighted by atomic mass is 9.94. The molecule has 28 heavy (non-hydrogen) atoms. The molecule has 1 aliphatic carbocycles. The summed E-state index contributed by atoms with van der Waals surface area (Å²) in [5, 5.41) is 2.93. The lowest BCUT2D eigenvalue weighted by Gasteiger charge is -2.31. The average Bonchev–Trinajstić information content (AvgIpc) is 3.16. The second-order valence-electron chi connectivity index (χ2n) is 7.91. The van der Waals surface area contributed by atoms with Gasteiger partial charge in [-0.1, -0.05) is 19.3 Å². The Morgan fingerprint density at radius 1 is 1.18 bits per heavy atom. The highest BCUT2D eigenvalue weighted by Gasteiger charge is 2.21. The molecule has 154 valence electrons. The summed E-state index contributed by atoms with van der Waals surface area (Å²) in [6.07, 6.45) is 9.17. The van der Waals surface area contributed by atoms with Gasteiger partial charge in [-0.3, -0.25) is 9.59 Å². The molecular weight excluding hydrogens is 354 g/mol. The quantitative estimate of drug-likeness (QED) is 0.662. The van der Waals surface area contributed by atoms with E-state index in [9.17, 15) is 9.59 Å². The molecule has 0 unspecified atom stereocenters. The molecule has 0 bridgehead atoms. The molecule has 2 aliphatic rings. The molecule has 1 aromatic rings. The zero-order valence-electron chi connectivity index (χ0n) is 17.0. The topological polar surface area (TPSA) is 61.9 Å². The summed E-state index contributed by atoms with van der Waals surface area (Å²) in [4.78, 5) is 28.0. The lowest BCUT2D eigenvalue weighted by Crippen LogP contribution is -2.36. The molecule has 0 spiro atoms. The first-order valence-corrected chi connectivity index (χ1v) is 10.6. The van der Waals surface area contributed by atoms with E-state index < -0.39 is 0 Å². The summed E-state index contributed by atoms with van der Waals surface area (Å²) in [5.41, 5.74) is 0.890. The molecule has 0 radical (unpaired) electrons. The van der Waals surface area contributed by atoms with Crippen LogP contribution in [-0.2, 0) is 9.59 Å². The van der Waals surface area contributed by atoms with E-state index in [4.69, 9.17) is 4.74 Å². The highest BCUT2D eigenvalue weighted by atomic mass is 16.5. The van der Waals surface area contributed by atoms with Crippen molar-refractivity contribution in [3.05, 3.63) is 24.3 Å². The van der Waals surface area contributed by atoms with Crippen LogP contribution in [0.5, 0.6) is 5.75 Å². The Hall–Kier alpha value is -2.08. The van der Waals surface area contributed by atoms with Gasteiger partial charge >= 0.3 is 0 Å². The Bertz CT molecular complexity index is 641. The number of amides is 2. The van der Waals surface area contributed by atoms with Crippen molar-refractivity contribution in [3.8, 4) is 5.75 Å². The van der Waals surface area contributed by atoms with Crippen LogP contribution in [0.1, 0.15) is 51.4 Å². The van der Waals surface area contributed by atoms with Crippen LogP contribution in [0.3, 0.4) is 0 Å². The third-order valence-electron chi connectivity index (χ3n) is 5.80. The van der Waals surface area contributed by atoms with Crippen molar-refractivity contribution in [3.63, 3.8) is 0 Å². The number of nitrogens with zero attached hydrogens (tertiary/aromatic N) is 2. The summed E-state index contributed by atoms with van der Waals surface area (Å²) in [5.74, 6) is 0.712. The van der Waals surface area contributed by atoms with Gasteiger partial charge in [-0.25, -0.2) is 0 Å². The van der Waals surface area contributed by atoms with Gasteiger partial charge < -0.3 is 19.9 Å². The fourth-order valence-electron chi connectivity index (χ4n) is 4.10. The Kier molecular flexibility index (Phi) is 7.71. The maximum absolute atomic E-state index is 12.0. The third-order valence-corrected chi connectivity index (χ3v) is 5.80. The third kappa shape index (κ3) is 5.96. The van der Waals surface area contributed by atoms with Crippen molar-refractivity contribution in [1.82, 2.24) is 10.2 Å². The van der Waals surface area contributed by atoms with Crippen LogP contribution in [-0.4, -0.2) is 56.0 Å². The fourth-order valence-corrected chi connectivity index (χ4v) is 4.10. The van der Waals surface area contributed by atoms with Crippen LogP contribution >= 0.6 is 0 Å². The maximum Gasteiger partial charge on any atom is 0.257 e. The van der Waals surface area contributed by atoms with Crippen LogP contribution in [0.25, 0.3) is 0 Å². The molecule has 1 heterocycles. The minimum atomic E-state index is -0.0980. The number of carbonyl (C=O) groups excluding carboxylic acids is 2. The predicted octanol–water partition coefficient (Wildman–Crippen LogP) is 2.96. The molecule has 1 N–H and O–H groups in total. The first-order chi connectivity index (χ1) is 13.6. The average molecular weight is 388 g/mol. The molecule has 0 atom stereocenters. The summed E-state index contributed by atoms with van der Waals surface area (Å²) < 4.78 is 5.56. The van der Waals surface area contributed by atoms with Crippen molar-refractivity contribution in [2.24, 2.45) is 0 Å². The van der Waals surface area contributed by atoms with E-state index in [1.165, 1.54) is 32.1 Å². The highest BCUT2D eigenvalue weighted by molar-refractivity contribution is 5.95. The normalized spacial score (nSPS) is 17.9. The van der Waals surface area contributed by atoms with Gasteiger partial charge in [0.05, 0.1) is 0 Å². The molecule has 2 amide bonds. The lowest BCUT2D eigenvalue weighted by molar-refractivity contribution is -0.123. The molecule has 6 heteroatoms. The number of hydrogen-bond acceptors (Lipinski definition) is 4. The summed E-state index contributed by atoms with van der Waals surface area (Å²) in [7, 11) is 2.19. The van der Waals surface area contributed by atoms with E-state index >= 15 is 0 Å². The Labute approximate surface area is 168 Å². The monoisotopic (exact) mass is 387 g/mol. The predicted molar refractivity (Wildman–Crippen MR) is 111 cm³/mol. The highest BCUT2D eigenvalue weighted by Crippen LogP contribution is 2.24. The van der Waals surface area contributed by atoms with Crippen molar-refractivity contribution in [2.45, 2.75) is 57.4 Å². The summed E-state index contributed by atoms with van der Waals surface area (Å²) in [6, 6.07) is 8.09. The van der Waals surface area contributed by atoms with Gasteiger partial charge in [-0.2, -0.15) is 0 Å². The molecule has 6 nitrogen and oxygen atoms in total. The molecule has 2 fully saturated rings. The van der Waals surface area contributed by atoms with Gasteiger partial charge in [-0.05, 0) is 63.5 Å². The van der Waals surface area contributed by atoms with Crippen LogP contribution in [0.15, 0.2) is 24.3 Å². The number of ether oxygens (including phenoxy) is 1. The maximum atomic E-state index is 12.0. The molecule has 3 rings (SSSR count). The first-order valence-electron chi connectivity index (χ1n) is 10.6. The zero-order valence-corrected chi connectivity index (χ0v) is 17.0. The molecule has 1 saturated heterocycles. The smallest absolute Gasteiger partial charge is 0.257 e. The Morgan fingerprint density at radius 3 is 2.61 bits per heavy atom. The first kappa shape index (κ1) is 20.6. The van der Waals surface area contributed by atoms with Gasteiger partial charge in [-0.15, -0.1) is 0 Å². The minimum Gasteiger partial charge on any atom is -0.484 e. The summed E-state index contributed by atoms with van der Waals surface area (Å²) in [6.45, 7) is 2.48. The standard InChI is InChI=1S/C22H33N3O3/c1-24(18-7-3-2-4-8-18)15-6-14-23-21(26)17-28-20-12-10-19(11-13-20)25-16-5-9-22(25)27/h10-13,18H,2-9,14-17H2,1H3,(H,23,26). The number of anilines is 1. The fraction of sp³-hybridized carbons (Fsp3) is 0.636. The number of carbonyl (C=O) groups is 2. The Balaban J connectivity index is 1.30. The van der Waals surface area contributed by atoms with E-state index in [1.54, 1.807) is 4.90 Å². The largest absolute Gasteiger partial charge is 0.484 e. The second-order valence-corrected chi connectivity index (χ2v) is 7.91. The number of rotatable bonds is 9. The number of nitrogens with one attached hydrogen (secondary N) is 1. The van der Waals surface area contributed by atoms with Gasteiger partial charge in [0.25, 0.3) is 5.91 Å². The minimum absolute atomic E-state index is 0.0143. The SMILES string of the molecule is CN(CCCNC(=O)COc1ccc(N2CCCC2=O)cc1)C1CCCCC1. The van der Waals surface area contributed by atoms with Crippen molar-refractivity contribution < 1.29 is 14.3 Å². The van der Waals surface area contributed by atoms with Crippen LogP contribution in [0, 0.1) is 0 Å². The molecular formula is C22H33N3O3. The van der Waals surface area contributed by atoms with E-state index in [-0.39, 0.29) is 18.4 Å². The molecule has 1 aliphatic heterocycles. The van der Waals surface area contributed by atoms with Gasteiger partial charge in [0, 0.05) is 31.2 Å². The molecule has 0 aromatic heterocycles. The second kappa shape index (κ2) is 10.5. The van der Waals surface area contributed by atoms with Crippen LogP contribution in [0.2, 0.25) is 0 Å². The molecule has 1 saturated carbocycles. The van der Waals surface area contributed by atoms with Gasteiger partial charge in [0.1, 0.15) is 5.75 Å². The van der Waals surface area contributed by atoms with Crippen molar-refractivity contribution in [1.29, 1.82) is 0 Å². The number of benzene rings is 1. The van der Waals surface area contributed by atoms with E-state index in [2.05, 4.69) is 17.3 Å². The van der Waals surface area contributed by atoms with E-state index in [1.807, 2.05) is 24.3 Å². The van der Waals surface area contributed by atoms with Crippen molar-refractivity contribution in [2.75, 3.05) is 38.2 Å². The summed E-state index contributed by atoms with van der Waals surface area (Å²) >= 11 is 0. The van der Waals surface area contributed by atoms with Crippen LogP contribution in [0.4, 0.5) is 5.69 Å². The zero-order chi connectivity index (χ0) is 19.8. The Morgan fingerprint density at radius 2 is 1.93 bits per heavy atom. The van der Waals surface area contributed by atoms with Crippen LogP contribution < -0.4 is 15.0 Å². The van der Waals surface area contributed by atoms with E-state index in [0.717, 1.165) is 31.6 Å². The van der Waals surface area contributed by atoms with E-state index in [0.29, 0.717) is 24.8 Å². The molecule has 1 aromatic carbocycles. The van der Waals surface area contributed by atoms with Crippen molar-refractivity contribution >= 4 is 17.5 Å². The number of hydrogen-bond donors (Lipinski definition) is 1. The van der Waals surface area contributed by atoms with Gasteiger partial charge in [0.15, 0.2) is 6.61 Å². The van der Waals surface area contributed by atoms with Gasteiger partial charge in [0.2, 0.25) is 5.91 Å².